The number of nitrogens with one attached hydrogen (secondary N) is 2. The molecule has 19 heavy (non-hydrogen) atoms. The summed E-state index contributed by atoms with van der Waals surface area (Å²) in [7, 11) is 0. The van der Waals surface area contributed by atoms with E-state index in [-0.39, 0.29) is 11.9 Å². The van der Waals surface area contributed by atoms with Crippen molar-refractivity contribution in [3.63, 3.8) is 0 Å². The summed E-state index contributed by atoms with van der Waals surface area (Å²) < 4.78 is 5.46. The third-order valence-electron chi connectivity index (χ3n) is 4.18. The summed E-state index contributed by atoms with van der Waals surface area (Å²) in [5.74, 6) is 0.937. The second kappa shape index (κ2) is 7.82. The van der Waals surface area contributed by atoms with E-state index in [4.69, 9.17) is 4.74 Å². The van der Waals surface area contributed by atoms with Crippen LogP contribution in [0.25, 0.3) is 0 Å². The van der Waals surface area contributed by atoms with Gasteiger partial charge >= 0.3 is 0 Å². The van der Waals surface area contributed by atoms with Gasteiger partial charge in [0.15, 0.2) is 0 Å². The Bertz CT molecular complexity index is 280. The number of rotatable bonds is 5. The van der Waals surface area contributed by atoms with Crippen LogP contribution in [0.1, 0.15) is 26.2 Å². The zero-order chi connectivity index (χ0) is 13.5. The highest BCUT2D eigenvalue weighted by atomic mass is 16.5. The van der Waals surface area contributed by atoms with Crippen LogP contribution in [0.2, 0.25) is 0 Å². The minimum Gasteiger partial charge on any atom is -0.378 e. The van der Waals surface area contributed by atoms with E-state index in [2.05, 4.69) is 15.5 Å². The first-order chi connectivity index (χ1) is 9.31. The highest BCUT2D eigenvalue weighted by molar-refractivity contribution is 5.81. The first-order valence-electron chi connectivity index (χ1n) is 7.61. The zero-order valence-electron chi connectivity index (χ0n) is 12.0. The molecule has 0 aliphatic carbocycles. The topological polar surface area (TPSA) is 53.6 Å². The number of piperidine rings is 1. The standard InChI is InChI=1S/C14H27N3O2/c1-2-16-14(18)13-11-19-10-9-17(13)8-5-12-3-6-15-7-4-12/h12-13,15H,2-11H2,1H3,(H,16,18). The van der Waals surface area contributed by atoms with Gasteiger partial charge in [0.2, 0.25) is 5.91 Å². The monoisotopic (exact) mass is 269 g/mol. The van der Waals surface area contributed by atoms with Crippen LogP contribution >= 0.6 is 0 Å². The molecule has 110 valence electrons. The van der Waals surface area contributed by atoms with Gasteiger partial charge in [-0.3, -0.25) is 9.69 Å². The zero-order valence-corrected chi connectivity index (χ0v) is 12.0. The number of hydrogen-bond donors (Lipinski definition) is 2. The fraction of sp³-hybridized carbons (Fsp3) is 0.929. The maximum Gasteiger partial charge on any atom is 0.239 e. The normalized spacial score (nSPS) is 26.3. The van der Waals surface area contributed by atoms with E-state index in [1.165, 1.54) is 19.3 Å². The fourth-order valence-electron chi connectivity index (χ4n) is 2.96. The second-order valence-corrected chi connectivity index (χ2v) is 5.50. The van der Waals surface area contributed by atoms with Crippen molar-refractivity contribution in [1.29, 1.82) is 0 Å². The third kappa shape index (κ3) is 4.44. The summed E-state index contributed by atoms with van der Waals surface area (Å²) in [6, 6.07) is -0.0876. The Hall–Kier alpha value is -0.650. The molecule has 2 heterocycles. The summed E-state index contributed by atoms with van der Waals surface area (Å²) in [6.07, 6.45) is 3.75. The second-order valence-electron chi connectivity index (χ2n) is 5.50. The SMILES string of the molecule is CCNC(=O)C1COCCN1CCC1CCNCC1. The molecule has 0 aromatic rings. The van der Waals surface area contributed by atoms with E-state index in [0.29, 0.717) is 13.2 Å². The van der Waals surface area contributed by atoms with Crippen LogP contribution in [-0.2, 0) is 9.53 Å². The molecule has 0 saturated carbocycles. The van der Waals surface area contributed by atoms with Crippen molar-refractivity contribution >= 4 is 5.91 Å². The molecule has 1 amide bonds. The Morgan fingerprint density at radius 1 is 1.42 bits per heavy atom. The molecule has 0 aromatic carbocycles. The molecule has 2 rings (SSSR count). The van der Waals surface area contributed by atoms with Gasteiger partial charge in [0.25, 0.3) is 0 Å². The van der Waals surface area contributed by atoms with Gasteiger partial charge in [-0.25, -0.2) is 0 Å². The predicted molar refractivity (Wildman–Crippen MR) is 75.1 cm³/mol. The van der Waals surface area contributed by atoms with Crippen molar-refractivity contribution in [2.24, 2.45) is 5.92 Å². The lowest BCUT2D eigenvalue weighted by molar-refractivity contribution is -0.132. The highest BCUT2D eigenvalue weighted by Crippen LogP contribution is 2.18. The lowest BCUT2D eigenvalue weighted by Gasteiger charge is -2.35. The van der Waals surface area contributed by atoms with E-state index >= 15 is 0 Å². The van der Waals surface area contributed by atoms with Crippen LogP contribution < -0.4 is 10.6 Å². The van der Waals surface area contributed by atoms with Crippen molar-refractivity contribution in [3.05, 3.63) is 0 Å². The molecule has 2 aliphatic rings. The maximum absolute atomic E-state index is 12.0. The number of morpholine rings is 1. The molecule has 0 radical (unpaired) electrons. The van der Waals surface area contributed by atoms with E-state index in [0.717, 1.165) is 38.7 Å². The van der Waals surface area contributed by atoms with Crippen molar-refractivity contribution in [3.8, 4) is 0 Å². The average Bonchev–Trinajstić information content (AvgIpc) is 2.47. The third-order valence-corrected chi connectivity index (χ3v) is 4.18. The van der Waals surface area contributed by atoms with Crippen molar-refractivity contribution in [2.45, 2.75) is 32.2 Å². The summed E-state index contributed by atoms with van der Waals surface area (Å²) in [5, 5.41) is 6.31. The minimum atomic E-state index is -0.0876. The van der Waals surface area contributed by atoms with Crippen molar-refractivity contribution in [2.75, 3.05) is 45.9 Å². The molecule has 0 aromatic heterocycles. The van der Waals surface area contributed by atoms with Gasteiger partial charge in [-0.1, -0.05) is 0 Å². The molecule has 1 atom stereocenters. The largest absolute Gasteiger partial charge is 0.378 e. The van der Waals surface area contributed by atoms with E-state index in [9.17, 15) is 4.79 Å². The molecule has 5 heteroatoms. The van der Waals surface area contributed by atoms with Crippen LogP contribution in [0.15, 0.2) is 0 Å². The molecule has 2 N–H and O–H groups in total. The molecule has 1 unspecified atom stereocenters. The Morgan fingerprint density at radius 3 is 2.95 bits per heavy atom. The maximum atomic E-state index is 12.0. The van der Waals surface area contributed by atoms with Gasteiger partial charge in [0.05, 0.1) is 13.2 Å². The van der Waals surface area contributed by atoms with Crippen molar-refractivity contribution in [1.82, 2.24) is 15.5 Å². The van der Waals surface area contributed by atoms with Gasteiger partial charge in [-0.05, 0) is 51.7 Å². The summed E-state index contributed by atoms with van der Waals surface area (Å²) in [5.41, 5.74) is 0. The van der Waals surface area contributed by atoms with Crippen LogP contribution in [0, 0.1) is 5.92 Å². The summed E-state index contributed by atoms with van der Waals surface area (Å²) in [4.78, 5) is 14.3. The van der Waals surface area contributed by atoms with Gasteiger partial charge in [-0.15, -0.1) is 0 Å². The van der Waals surface area contributed by atoms with Crippen molar-refractivity contribution < 1.29 is 9.53 Å². The molecule has 2 saturated heterocycles. The average molecular weight is 269 g/mol. The smallest absolute Gasteiger partial charge is 0.239 e. The van der Waals surface area contributed by atoms with Crippen LogP contribution in [0.3, 0.4) is 0 Å². The Balaban J connectivity index is 1.79. The van der Waals surface area contributed by atoms with Gasteiger partial charge in [-0.2, -0.15) is 0 Å². The highest BCUT2D eigenvalue weighted by Gasteiger charge is 2.29. The lowest BCUT2D eigenvalue weighted by atomic mass is 9.94. The molecule has 2 fully saturated rings. The quantitative estimate of drug-likeness (QED) is 0.749. The fourth-order valence-corrected chi connectivity index (χ4v) is 2.96. The number of amides is 1. The van der Waals surface area contributed by atoms with E-state index in [1.54, 1.807) is 0 Å². The van der Waals surface area contributed by atoms with E-state index < -0.39 is 0 Å². The van der Waals surface area contributed by atoms with Gasteiger partial charge in [0.1, 0.15) is 6.04 Å². The minimum absolute atomic E-state index is 0.0876. The Kier molecular flexibility index (Phi) is 6.07. The number of carbonyl (C=O) groups excluding carboxylic acids is 1. The molecule has 0 spiro atoms. The van der Waals surface area contributed by atoms with Gasteiger partial charge in [0, 0.05) is 13.1 Å². The van der Waals surface area contributed by atoms with Crippen LogP contribution in [0.5, 0.6) is 0 Å². The summed E-state index contributed by atoms with van der Waals surface area (Å²) in [6.45, 7) is 8.14. The molecule has 0 bridgehead atoms. The first kappa shape index (κ1) is 14.8. The number of likely N-dealkylation sites (N-methyl/N-ethyl adjacent to an activating group) is 1. The number of carbonyl (C=O) groups is 1. The van der Waals surface area contributed by atoms with Gasteiger partial charge < -0.3 is 15.4 Å². The first-order valence-corrected chi connectivity index (χ1v) is 7.61. The Morgan fingerprint density at radius 2 is 2.21 bits per heavy atom. The van der Waals surface area contributed by atoms with Crippen LogP contribution in [-0.4, -0.2) is 62.8 Å². The number of ether oxygens (including phenoxy) is 1. The predicted octanol–water partition coefficient (Wildman–Crippen LogP) is 0.213. The Labute approximate surface area is 116 Å². The van der Waals surface area contributed by atoms with Crippen LogP contribution in [0.4, 0.5) is 0 Å². The lowest BCUT2D eigenvalue weighted by Crippen LogP contribution is -2.54. The molecule has 2 aliphatic heterocycles. The molecular weight excluding hydrogens is 242 g/mol. The van der Waals surface area contributed by atoms with E-state index in [1.807, 2.05) is 6.92 Å². The molecule has 5 nitrogen and oxygen atoms in total. The molecular formula is C14H27N3O2. The summed E-state index contributed by atoms with van der Waals surface area (Å²) >= 11 is 0. The number of nitrogens with zero attached hydrogens (tertiary/aromatic N) is 1. The number of hydrogen-bond acceptors (Lipinski definition) is 4.